The Bertz CT molecular complexity index is 1250. The van der Waals surface area contributed by atoms with Crippen LogP contribution < -0.4 is 10.1 Å². The van der Waals surface area contributed by atoms with Gasteiger partial charge in [0, 0.05) is 23.7 Å². The lowest BCUT2D eigenvalue weighted by molar-refractivity contribution is -0.274. The molecule has 7 nitrogen and oxygen atoms in total. The van der Waals surface area contributed by atoms with E-state index in [0.717, 1.165) is 19.3 Å². The van der Waals surface area contributed by atoms with Gasteiger partial charge in [-0.25, -0.2) is 4.98 Å². The van der Waals surface area contributed by atoms with E-state index in [-0.39, 0.29) is 35.6 Å². The van der Waals surface area contributed by atoms with E-state index in [1.807, 2.05) is 4.57 Å². The van der Waals surface area contributed by atoms with E-state index in [9.17, 15) is 22.4 Å². The number of carbonyl (C=O) groups is 1. The normalized spacial score (nSPS) is 19.9. The summed E-state index contributed by atoms with van der Waals surface area (Å²) in [5, 5.41) is 12.1. The van der Waals surface area contributed by atoms with Gasteiger partial charge in [-0.2, -0.15) is 9.37 Å². The van der Waals surface area contributed by atoms with Gasteiger partial charge in [0.15, 0.2) is 5.65 Å². The number of aromatic nitrogens is 3. The molecule has 2 aromatic heterocycles. The fourth-order valence-corrected chi connectivity index (χ4v) is 5.25. The van der Waals surface area contributed by atoms with Crippen LogP contribution in [-0.2, 0) is 11.2 Å². The summed E-state index contributed by atoms with van der Waals surface area (Å²) in [6.07, 6.45) is -2.38. The molecule has 1 aromatic carbocycles. The number of nitrogens with zero attached hydrogens (tertiary/aromatic N) is 3. The number of hydrogen-bond acceptors (Lipinski definition) is 5. The molecule has 1 aliphatic rings. The maximum Gasteiger partial charge on any atom is 0.573 e. The Kier molecular flexibility index (Phi) is 6.85. The lowest BCUT2D eigenvalue weighted by atomic mass is 9.70. The molecule has 36 heavy (non-hydrogen) atoms. The van der Waals surface area contributed by atoms with Gasteiger partial charge in [-0.3, -0.25) is 9.36 Å². The first kappa shape index (κ1) is 25.7. The SMILES string of the molecule is C[C@H]1C[C@@H](n2c(Nc3ccc(OC(F)(F)F)cc3)nc3cc(CCC(=O)O)c(F)nc32)CC(C)(C)C1. The van der Waals surface area contributed by atoms with Crippen molar-refractivity contribution in [2.75, 3.05) is 5.32 Å². The molecular formula is C25H28F4N4O3. The zero-order valence-electron chi connectivity index (χ0n) is 20.2. The third kappa shape index (κ3) is 6.06. The highest BCUT2D eigenvalue weighted by Gasteiger charge is 2.35. The molecule has 0 spiro atoms. The van der Waals surface area contributed by atoms with Crippen molar-refractivity contribution in [2.24, 2.45) is 11.3 Å². The number of fused-ring (bicyclic) bond motifs is 1. The number of pyridine rings is 1. The second-order valence-electron chi connectivity index (χ2n) is 10.2. The summed E-state index contributed by atoms with van der Waals surface area (Å²) in [5.74, 6) is -1.35. The zero-order chi connectivity index (χ0) is 26.3. The molecule has 0 unspecified atom stereocenters. The van der Waals surface area contributed by atoms with E-state index in [0.29, 0.717) is 28.7 Å². The highest BCUT2D eigenvalue weighted by atomic mass is 19.4. The van der Waals surface area contributed by atoms with E-state index in [1.165, 1.54) is 30.3 Å². The Balaban J connectivity index is 1.74. The molecular weight excluding hydrogens is 480 g/mol. The molecule has 2 N–H and O–H groups in total. The Morgan fingerprint density at radius 3 is 2.53 bits per heavy atom. The number of hydrogen-bond donors (Lipinski definition) is 2. The number of anilines is 2. The molecule has 2 heterocycles. The van der Waals surface area contributed by atoms with Crippen LogP contribution in [0.4, 0.5) is 29.2 Å². The first-order valence-corrected chi connectivity index (χ1v) is 11.7. The largest absolute Gasteiger partial charge is 0.573 e. The Morgan fingerprint density at radius 2 is 1.92 bits per heavy atom. The van der Waals surface area contributed by atoms with Crippen molar-refractivity contribution in [2.45, 2.75) is 65.3 Å². The summed E-state index contributed by atoms with van der Waals surface area (Å²) in [6.45, 7) is 6.52. The monoisotopic (exact) mass is 508 g/mol. The number of aryl methyl sites for hydroxylation is 1. The van der Waals surface area contributed by atoms with Gasteiger partial charge in [-0.05, 0) is 67.3 Å². The van der Waals surface area contributed by atoms with Crippen LogP contribution in [-0.4, -0.2) is 32.0 Å². The predicted octanol–water partition coefficient (Wildman–Crippen LogP) is 6.62. The summed E-state index contributed by atoms with van der Waals surface area (Å²) in [4.78, 5) is 19.8. The number of nitrogens with one attached hydrogen (secondary N) is 1. The molecule has 3 aromatic rings. The number of ether oxygens (including phenoxy) is 1. The third-order valence-corrected chi connectivity index (χ3v) is 6.37. The smallest absolute Gasteiger partial charge is 0.481 e. The second-order valence-corrected chi connectivity index (χ2v) is 10.2. The topological polar surface area (TPSA) is 89.3 Å². The van der Waals surface area contributed by atoms with Crippen molar-refractivity contribution in [1.29, 1.82) is 0 Å². The van der Waals surface area contributed by atoms with E-state index in [4.69, 9.17) is 5.11 Å². The minimum Gasteiger partial charge on any atom is -0.481 e. The maximum absolute atomic E-state index is 14.9. The number of halogens is 4. The van der Waals surface area contributed by atoms with E-state index in [1.54, 1.807) is 0 Å². The van der Waals surface area contributed by atoms with E-state index < -0.39 is 18.3 Å². The van der Waals surface area contributed by atoms with Crippen molar-refractivity contribution < 1.29 is 32.2 Å². The van der Waals surface area contributed by atoms with Gasteiger partial charge in [-0.1, -0.05) is 20.8 Å². The molecule has 1 fully saturated rings. The van der Waals surface area contributed by atoms with Gasteiger partial charge >= 0.3 is 12.3 Å². The van der Waals surface area contributed by atoms with E-state index >= 15 is 0 Å². The summed E-state index contributed by atoms with van der Waals surface area (Å²) in [7, 11) is 0. The lowest BCUT2D eigenvalue weighted by Gasteiger charge is -2.40. The minimum absolute atomic E-state index is 0.0200. The standard InChI is InChI=1S/C25H28F4N4O3/c1-14-10-17(13-24(2,3)12-14)33-22-19(11-15(21(26)32-22)4-9-20(34)35)31-23(33)30-16-5-7-18(8-6-16)36-25(27,28)29/h5-8,11,14,17H,4,9-10,12-13H2,1-3H3,(H,30,31)(H,34,35)/t14-,17+/m0/s1. The van der Waals surface area contributed by atoms with Crippen LogP contribution in [0.2, 0.25) is 0 Å². The van der Waals surface area contributed by atoms with Crippen LogP contribution in [0.1, 0.15) is 58.1 Å². The highest BCUT2D eigenvalue weighted by Crippen LogP contribution is 2.46. The average Bonchev–Trinajstić information content (AvgIpc) is 3.07. The van der Waals surface area contributed by atoms with Crippen LogP contribution in [0.3, 0.4) is 0 Å². The fraction of sp³-hybridized carbons (Fsp3) is 0.480. The van der Waals surface area contributed by atoms with Crippen molar-refractivity contribution in [3.8, 4) is 5.75 Å². The van der Waals surface area contributed by atoms with E-state index in [2.05, 4.69) is 40.8 Å². The van der Waals surface area contributed by atoms with Gasteiger partial charge in [0.05, 0.1) is 0 Å². The molecule has 0 amide bonds. The van der Waals surface area contributed by atoms with Crippen LogP contribution in [0.25, 0.3) is 11.2 Å². The van der Waals surface area contributed by atoms with Crippen LogP contribution in [0, 0.1) is 17.3 Å². The fourth-order valence-electron chi connectivity index (χ4n) is 5.25. The van der Waals surface area contributed by atoms with Gasteiger partial charge < -0.3 is 15.2 Å². The molecule has 194 valence electrons. The van der Waals surface area contributed by atoms with Crippen molar-refractivity contribution >= 4 is 28.8 Å². The third-order valence-electron chi connectivity index (χ3n) is 6.37. The van der Waals surface area contributed by atoms with Crippen LogP contribution >= 0.6 is 0 Å². The van der Waals surface area contributed by atoms with Gasteiger partial charge in [0.1, 0.15) is 11.3 Å². The van der Waals surface area contributed by atoms with Gasteiger partial charge in [0.2, 0.25) is 11.9 Å². The highest BCUT2D eigenvalue weighted by molar-refractivity contribution is 5.77. The van der Waals surface area contributed by atoms with Crippen molar-refractivity contribution in [3.05, 3.63) is 41.8 Å². The number of benzene rings is 1. The average molecular weight is 509 g/mol. The molecule has 0 aliphatic heterocycles. The Morgan fingerprint density at radius 1 is 1.22 bits per heavy atom. The molecule has 0 bridgehead atoms. The summed E-state index contributed by atoms with van der Waals surface area (Å²) in [5.41, 5.74) is 1.41. The summed E-state index contributed by atoms with van der Waals surface area (Å²) in [6, 6.07) is 6.73. The van der Waals surface area contributed by atoms with Crippen molar-refractivity contribution in [3.63, 3.8) is 0 Å². The van der Waals surface area contributed by atoms with Crippen molar-refractivity contribution in [1.82, 2.24) is 14.5 Å². The summed E-state index contributed by atoms with van der Waals surface area (Å²) < 4.78 is 58.2. The Labute approximate surface area is 205 Å². The quantitative estimate of drug-likeness (QED) is 0.276. The van der Waals surface area contributed by atoms with Gasteiger partial charge in [0.25, 0.3) is 0 Å². The van der Waals surface area contributed by atoms with Gasteiger partial charge in [-0.15, -0.1) is 13.2 Å². The Hall–Kier alpha value is -3.37. The summed E-state index contributed by atoms with van der Waals surface area (Å²) >= 11 is 0. The molecule has 1 aliphatic carbocycles. The molecule has 1 saturated carbocycles. The first-order chi connectivity index (χ1) is 16.8. The second kappa shape index (κ2) is 9.59. The number of aliphatic carboxylic acids is 1. The number of carboxylic acid groups (broad SMARTS) is 1. The molecule has 2 atom stereocenters. The number of imidazole rings is 1. The molecule has 11 heteroatoms. The number of rotatable bonds is 7. The maximum atomic E-state index is 14.9. The van der Waals surface area contributed by atoms with Crippen LogP contribution in [0.15, 0.2) is 30.3 Å². The minimum atomic E-state index is -4.79. The van der Waals surface area contributed by atoms with Crippen LogP contribution in [0.5, 0.6) is 5.75 Å². The predicted molar refractivity (Wildman–Crippen MR) is 126 cm³/mol. The number of carboxylic acids is 1. The zero-order valence-corrected chi connectivity index (χ0v) is 20.2. The molecule has 0 radical (unpaired) electrons. The number of alkyl halides is 3. The molecule has 4 rings (SSSR count). The first-order valence-electron chi connectivity index (χ1n) is 11.7. The molecule has 0 saturated heterocycles. The lowest BCUT2D eigenvalue weighted by Crippen LogP contribution is -2.30.